The Bertz CT molecular complexity index is 144. The molecule has 0 fully saturated rings. The van der Waals surface area contributed by atoms with Crippen molar-refractivity contribution in [1.29, 1.82) is 0 Å². The lowest BCUT2D eigenvalue weighted by Gasteiger charge is -2.29. The quantitative estimate of drug-likeness (QED) is 0.434. The van der Waals surface area contributed by atoms with Crippen LogP contribution >= 0.6 is 0 Å². The zero-order valence-electron chi connectivity index (χ0n) is 12.0. The second kappa shape index (κ2) is 10.1. The van der Waals surface area contributed by atoms with Gasteiger partial charge < -0.3 is 4.74 Å². The van der Waals surface area contributed by atoms with E-state index in [1.165, 1.54) is 57.8 Å². The summed E-state index contributed by atoms with van der Waals surface area (Å²) in [6.07, 6.45) is 11.8. The lowest BCUT2D eigenvalue weighted by Crippen LogP contribution is -2.28. The van der Waals surface area contributed by atoms with Gasteiger partial charge in [0.1, 0.15) is 0 Å². The van der Waals surface area contributed by atoms with E-state index in [-0.39, 0.29) is 5.60 Å². The molecule has 0 amide bonds. The standard InChI is InChI=1S/C15H32O/c1-5-8-10-12-14-15(4,16-7-3)13-11-9-6-2/h5-14H2,1-4H3. The molecule has 0 aliphatic rings. The number of ether oxygens (including phenoxy) is 1. The third kappa shape index (κ3) is 8.15. The second-order valence-corrected chi connectivity index (χ2v) is 5.15. The fourth-order valence-electron chi connectivity index (χ4n) is 2.29. The lowest BCUT2D eigenvalue weighted by atomic mass is 9.91. The molecule has 0 N–H and O–H groups in total. The Balaban J connectivity index is 3.81. The van der Waals surface area contributed by atoms with Crippen molar-refractivity contribution < 1.29 is 4.74 Å². The van der Waals surface area contributed by atoms with E-state index >= 15 is 0 Å². The molecule has 0 bridgehead atoms. The average Bonchev–Trinajstić information content (AvgIpc) is 2.25. The minimum absolute atomic E-state index is 0.150. The highest BCUT2D eigenvalue weighted by Crippen LogP contribution is 2.26. The van der Waals surface area contributed by atoms with Crippen LogP contribution in [0.25, 0.3) is 0 Å². The molecule has 1 heteroatoms. The van der Waals surface area contributed by atoms with Gasteiger partial charge in [0.25, 0.3) is 0 Å². The van der Waals surface area contributed by atoms with Crippen LogP contribution in [0.5, 0.6) is 0 Å². The van der Waals surface area contributed by atoms with Crippen molar-refractivity contribution >= 4 is 0 Å². The zero-order chi connectivity index (χ0) is 12.3. The van der Waals surface area contributed by atoms with Gasteiger partial charge in [-0.1, -0.05) is 58.8 Å². The molecule has 1 unspecified atom stereocenters. The predicted molar refractivity (Wildman–Crippen MR) is 72.9 cm³/mol. The topological polar surface area (TPSA) is 9.23 Å². The first-order valence-electron chi connectivity index (χ1n) is 7.32. The molecule has 0 aromatic carbocycles. The summed E-state index contributed by atoms with van der Waals surface area (Å²) in [6, 6.07) is 0. The predicted octanol–water partition coefficient (Wildman–Crippen LogP) is 5.33. The number of rotatable bonds is 11. The summed E-state index contributed by atoms with van der Waals surface area (Å²) in [7, 11) is 0. The van der Waals surface area contributed by atoms with Crippen LogP contribution in [-0.2, 0) is 4.74 Å². The number of unbranched alkanes of at least 4 members (excludes halogenated alkanes) is 5. The molecule has 0 heterocycles. The molecule has 98 valence electrons. The molecular formula is C15H32O. The molecule has 0 spiro atoms. The van der Waals surface area contributed by atoms with Gasteiger partial charge in [-0.3, -0.25) is 0 Å². The minimum Gasteiger partial charge on any atom is -0.376 e. The summed E-state index contributed by atoms with van der Waals surface area (Å²) in [5.41, 5.74) is 0.150. The summed E-state index contributed by atoms with van der Waals surface area (Å²) in [4.78, 5) is 0. The minimum atomic E-state index is 0.150. The summed E-state index contributed by atoms with van der Waals surface area (Å²) in [5.74, 6) is 0. The van der Waals surface area contributed by atoms with E-state index in [1.54, 1.807) is 0 Å². The van der Waals surface area contributed by atoms with Crippen LogP contribution in [0.1, 0.15) is 85.5 Å². The third-order valence-electron chi connectivity index (χ3n) is 3.36. The van der Waals surface area contributed by atoms with Gasteiger partial charge in [-0.2, -0.15) is 0 Å². The Labute approximate surface area is 103 Å². The van der Waals surface area contributed by atoms with Crippen LogP contribution < -0.4 is 0 Å². The van der Waals surface area contributed by atoms with Crippen molar-refractivity contribution in [2.45, 2.75) is 91.1 Å². The van der Waals surface area contributed by atoms with Gasteiger partial charge in [0.15, 0.2) is 0 Å². The molecule has 0 aliphatic carbocycles. The summed E-state index contributed by atoms with van der Waals surface area (Å²) in [6.45, 7) is 9.81. The van der Waals surface area contributed by atoms with Crippen LogP contribution in [0.3, 0.4) is 0 Å². The first kappa shape index (κ1) is 16.0. The molecule has 1 atom stereocenters. The van der Waals surface area contributed by atoms with Gasteiger partial charge in [0.05, 0.1) is 5.60 Å². The van der Waals surface area contributed by atoms with E-state index in [0.717, 1.165) is 6.61 Å². The van der Waals surface area contributed by atoms with Crippen molar-refractivity contribution in [2.75, 3.05) is 6.61 Å². The smallest absolute Gasteiger partial charge is 0.0654 e. The molecule has 0 radical (unpaired) electrons. The molecular weight excluding hydrogens is 196 g/mol. The number of hydrogen-bond donors (Lipinski definition) is 0. The van der Waals surface area contributed by atoms with Gasteiger partial charge in [-0.25, -0.2) is 0 Å². The third-order valence-corrected chi connectivity index (χ3v) is 3.36. The van der Waals surface area contributed by atoms with Crippen molar-refractivity contribution in [2.24, 2.45) is 0 Å². The van der Waals surface area contributed by atoms with E-state index in [1.807, 2.05) is 0 Å². The van der Waals surface area contributed by atoms with E-state index in [2.05, 4.69) is 27.7 Å². The van der Waals surface area contributed by atoms with Crippen molar-refractivity contribution in [3.63, 3.8) is 0 Å². The Kier molecular flexibility index (Phi) is 10.1. The normalized spacial score (nSPS) is 15.0. The van der Waals surface area contributed by atoms with Crippen LogP contribution in [-0.4, -0.2) is 12.2 Å². The van der Waals surface area contributed by atoms with Crippen LogP contribution in [0, 0.1) is 0 Å². The lowest BCUT2D eigenvalue weighted by molar-refractivity contribution is -0.0402. The fraction of sp³-hybridized carbons (Fsp3) is 1.00. The highest BCUT2D eigenvalue weighted by Gasteiger charge is 2.22. The maximum Gasteiger partial charge on any atom is 0.0654 e. The van der Waals surface area contributed by atoms with Crippen LogP contribution in [0.4, 0.5) is 0 Å². The SMILES string of the molecule is CCCCCCC(C)(CCCCC)OCC. The number of hydrogen-bond acceptors (Lipinski definition) is 1. The van der Waals surface area contributed by atoms with Gasteiger partial charge in [0.2, 0.25) is 0 Å². The zero-order valence-corrected chi connectivity index (χ0v) is 12.0. The summed E-state index contributed by atoms with van der Waals surface area (Å²) < 4.78 is 5.96. The maximum absolute atomic E-state index is 5.96. The van der Waals surface area contributed by atoms with Crippen molar-refractivity contribution in [3.05, 3.63) is 0 Å². The molecule has 0 saturated heterocycles. The summed E-state index contributed by atoms with van der Waals surface area (Å²) >= 11 is 0. The molecule has 0 saturated carbocycles. The van der Waals surface area contributed by atoms with Crippen molar-refractivity contribution in [1.82, 2.24) is 0 Å². The van der Waals surface area contributed by atoms with Crippen LogP contribution in [0.15, 0.2) is 0 Å². The second-order valence-electron chi connectivity index (χ2n) is 5.15. The van der Waals surface area contributed by atoms with Crippen LogP contribution in [0.2, 0.25) is 0 Å². The van der Waals surface area contributed by atoms with Gasteiger partial charge in [0, 0.05) is 6.61 Å². The average molecular weight is 228 g/mol. The molecule has 0 aliphatic heterocycles. The van der Waals surface area contributed by atoms with Gasteiger partial charge in [-0.15, -0.1) is 0 Å². The summed E-state index contributed by atoms with van der Waals surface area (Å²) in [5, 5.41) is 0. The van der Waals surface area contributed by atoms with E-state index in [9.17, 15) is 0 Å². The molecule has 16 heavy (non-hydrogen) atoms. The fourth-order valence-corrected chi connectivity index (χ4v) is 2.29. The highest BCUT2D eigenvalue weighted by molar-refractivity contribution is 4.75. The first-order valence-corrected chi connectivity index (χ1v) is 7.32. The molecule has 1 nitrogen and oxygen atoms in total. The van der Waals surface area contributed by atoms with E-state index in [4.69, 9.17) is 4.74 Å². The Hall–Kier alpha value is -0.0400. The first-order chi connectivity index (χ1) is 7.68. The molecule has 0 rings (SSSR count). The Morgan fingerprint density at radius 2 is 1.25 bits per heavy atom. The van der Waals surface area contributed by atoms with Gasteiger partial charge in [-0.05, 0) is 26.7 Å². The highest BCUT2D eigenvalue weighted by atomic mass is 16.5. The maximum atomic E-state index is 5.96. The monoisotopic (exact) mass is 228 g/mol. The molecule has 0 aromatic heterocycles. The van der Waals surface area contributed by atoms with Crippen molar-refractivity contribution in [3.8, 4) is 0 Å². The van der Waals surface area contributed by atoms with Gasteiger partial charge >= 0.3 is 0 Å². The largest absolute Gasteiger partial charge is 0.376 e. The van der Waals surface area contributed by atoms with E-state index in [0.29, 0.717) is 0 Å². The van der Waals surface area contributed by atoms with E-state index < -0.39 is 0 Å². The Morgan fingerprint density at radius 1 is 0.750 bits per heavy atom. The molecule has 0 aromatic rings. The Morgan fingerprint density at radius 3 is 1.75 bits per heavy atom.